The third kappa shape index (κ3) is 5.27. The number of anilines is 1. The van der Waals surface area contributed by atoms with Gasteiger partial charge in [-0.25, -0.2) is 4.98 Å². The van der Waals surface area contributed by atoms with Gasteiger partial charge in [0, 0.05) is 31.3 Å². The van der Waals surface area contributed by atoms with Gasteiger partial charge in [-0.3, -0.25) is 14.6 Å². The lowest BCUT2D eigenvalue weighted by Gasteiger charge is -2.29. The van der Waals surface area contributed by atoms with Crippen LogP contribution in [0, 0.1) is 0 Å². The molecule has 10 nitrogen and oxygen atoms in total. The summed E-state index contributed by atoms with van der Waals surface area (Å²) in [6.07, 6.45) is 3.13. The van der Waals surface area contributed by atoms with Gasteiger partial charge in [0.05, 0.1) is 24.4 Å². The summed E-state index contributed by atoms with van der Waals surface area (Å²) in [5.41, 5.74) is 2.77. The zero-order valence-corrected chi connectivity index (χ0v) is 19.4. The van der Waals surface area contributed by atoms with Crippen molar-refractivity contribution < 1.29 is 23.8 Å². The second kappa shape index (κ2) is 10.1. The third-order valence-electron chi connectivity index (χ3n) is 6.10. The maximum absolute atomic E-state index is 12.7. The number of methoxy groups -OCH3 is 1. The van der Waals surface area contributed by atoms with Crippen molar-refractivity contribution in [1.82, 2.24) is 20.6 Å². The fourth-order valence-corrected chi connectivity index (χ4v) is 4.31. The molecule has 2 amide bonds. The van der Waals surface area contributed by atoms with Crippen LogP contribution in [0.5, 0.6) is 17.4 Å². The van der Waals surface area contributed by atoms with Gasteiger partial charge in [-0.15, -0.1) is 0 Å². The molecule has 35 heavy (non-hydrogen) atoms. The van der Waals surface area contributed by atoms with Gasteiger partial charge in [-0.2, -0.15) is 0 Å². The molecule has 10 heteroatoms. The molecule has 0 aliphatic carbocycles. The zero-order valence-electron chi connectivity index (χ0n) is 19.4. The van der Waals surface area contributed by atoms with E-state index in [0.29, 0.717) is 55.2 Å². The molecule has 0 unspecified atom stereocenters. The Hall–Kier alpha value is -3.92. The van der Waals surface area contributed by atoms with Crippen LogP contribution in [0.2, 0.25) is 0 Å². The molecule has 1 aromatic carbocycles. The van der Waals surface area contributed by atoms with E-state index >= 15 is 0 Å². The van der Waals surface area contributed by atoms with Gasteiger partial charge in [-0.1, -0.05) is 6.07 Å². The molecule has 3 N–H and O–H groups in total. The Bertz CT molecular complexity index is 1250. The molecule has 2 aromatic heterocycles. The number of carbonyl (C=O) groups excluding carboxylic acids is 2. The Kier molecular flexibility index (Phi) is 6.62. The number of carbonyl (C=O) groups is 2. The maximum atomic E-state index is 12.7. The van der Waals surface area contributed by atoms with Gasteiger partial charge in [0.15, 0.2) is 11.5 Å². The number of hydrogen-bond donors (Lipinski definition) is 3. The molecular weight excluding hydrogens is 450 g/mol. The number of piperidine rings is 1. The summed E-state index contributed by atoms with van der Waals surface area (Å²) in [6, 6.07) is 10.4. The van der Waals surface area contributed by atoms with Crippen LogP contribution in [0.25, 0.3) is 11.0 Å². The highest BCUT2D eigenvalue weighted by atomic mass is 16.6. The normalized spacial score (nSPS) is 19.2. The topological polar surface area (TPSA) is 124 Å². The summed E-state index contributed by atoms with van der Waals surface area (Å²) in [4.78, 5) is 34.0. The van der Waals surface area contributed by atoms with E-state index in [0.717, 1.165) is 17.1 Å². The SMILES string of the molecule is COc1ccc2nccc(NC(=O)C[C@@H]3CC[C@@H](NCc4ccc5c(c4)OCCO5)C(=O)N3)c2n1. The molecule has 2 atom stereocenters. The lowest BCUT2D eigenvalue weighted by molar-refractivity contribution is -0.126. The van der Waals surface area contributed by atoms with E-state index in [1.807, 2.05) is 18.2 Å². The molecule has 0 saturated carbocycles. The molecule has 182 valence electrons. The van der Waals surface area contributed by atoms with Gasteiger partial charge >= 0.3 is 0 Å². The molecule has 1 fully saturated rings. The molecule has 0 radical (unpaired) electrons. The summed E-state index contributed by atoms with van der Waals surface area (Å²) < 4.78 is 16.4. The molecule has 1 saturated heterocycles. The number of nitrogens with zero attached hydrogens (tertiary/aromatic N) is 2. The number of nitrogens with one attached hydrogen (secondary N) is 3. The van der Waals surface area contributed by atoms with E-state index in [1.165, 1.54) is 7.11 Å². The van der Waals surface area contributed by atoms with Gasteiger partial charge in [0.2, 0.25) is 17.7 Å². The maximum Gasteiger partial charge on any atom is 0.237 e. The van der Waals surface area contributed by atoms with Crippen LogP contribution < -0.4 is 30.2 Å². The predicted octanol–water partition coefficient (Wildman–Crippen LogP) is 2.18. The van der Waals surface area contributed by atoms with Crippen molar-refractivity contribution in [3.05, 3.63) is 48.2 Å². The number of rotatable bonds is 7. The highest BCUT2D eigenvalue weighted by Crippen LogP contribution is 2.30. The number of benzene rings is 1. The average molecular weight is 478 g/mol. The number of hydrogen-bond acceptors (Lipinski definition) is 8. The first-order chi connectivity index (χ1) is 17.1. The van der Waals surface area contributed by atoms with E-state index < -0.39 is 0 Å². The minimum atomic E-state index is -0.316. The molecule has 2 aliphatic heterocycles. The molecule has 4 heterocycles. The Balaban J connectivity index is 1.13. The molecule has 0 bridgehead atoms. The summed E-state index contributed by atoms with van der Waals surface area (Å²) in [5.74, 6) is 1.61. The van der Waals surface area contributed by atoms with Crippen LogP contribution in [0.3, 0.4) is 0 Å². The Morgan fingerprint density at radius 3 is 2.83 bits per heavy atom. The molecule has 0 spiro atoms. The molecule has 2 aliphatic rings. The van der Waals surface area contributed by atoms with Gasteiger partial charge in [0.25, 0.3) is 0 Å². The fourth-order valence-electron chi connectivity index (χ4n) is 4.31. The fraction of sp³-hybridized carbons (Fsp3) is 0.360. The Labute approximate surface area is 202 Å². The van der Waals surface area contributed by atoms with Crippen LogP contribution in [0.1, 0.15) is 24.8 Å². The summed E-state index contributed by atoms with van der Waals surface area (Å²) in [7, 11) is 1.53. The first-order valence-electron chi connectivity index (χ1n) is 11.6. The van der Waals surface area contributed by atoms with Crippen molar-refractivity contribution in [3.63, 3.8) is 0 Å². The van der Waals surface area contributed by atoms with Gasteiger partial charge < -0.3 is 30.2 Å². The monoisotopic (exact) mass is 477 g/mol. The van der Waals surface area contributed by atoms with Crippen LogP contribution in [0.15, 0.2) is 42.6 Å². The lowest BCUT2D eigenvalue weighted by atomic mass is 9.97. The predicted molar refractivity (Wildman–Crippen MR) is 129 cm³/mol. The van der Waals surface area contributed by atoms with Gasteiger partial charge in [0.1, 0.15) is 18.7 Å². The highest BCUT2D eigenvalue weighted by Gasteiger charge is 2.29. The largest absolute Gasteiger partial charge is 0.486 e. The van der Waals surface area contributed by atoms with Gasteiger partial charge in [-0.05, 0) is 42.7 Å². The average Bonchev–Trinajstić information content (AvgIpc) is 2.88. The zero-order chi connectivity index (χ0) is 24.2. The van der Waals surface area contributed by atoms with Crippen molar-refractivity contribution >= 4 is 28.5 Å². The number of fused-ring (bicyclic) bond motifs is 2. The van der Waals surface area contributed by atoms with E-state index in [9.17, 15) is 9.59 Å². The van der Waals surface area contributed by atoms with Crippen LogP contribution in [-0.2, 0) is 16.1 Å². The minimum absolute atomic E-state index is 0.104. The molecular formula is C25H27N5O5. The van der Waals surface area contributed by atoms with E-state index in [1.54, 1.807) is 24.4 Å². The van der Waals surface area contributed by atoms with Crippen molar-refractivity contribution in [2.75, 3.05) is 25.6 Å². The van der Waals surface area contributed by atoms with Crippen LogP contribution >= 0.6 is 0 Å². The van der Waals surface area contributed by atoms with Crippen molar-refractivity contribution in [1.29, 1.82) is 0 Å². The Morgan fingerprint density at radius 1 is 1.14 bits per heavy atom. The molecule has 5 rings (SSSR count). The number of aromatic nitrogens is 2. The number of amides is 2. The number of pyridine rings is 2. The second-order valence-electron chi connectivity index (χ2n) is 8.53. The van der Waals surface area contributed by atoms with E-state index in [-0.39, 0.29) is 30.3 Å². The van der Waals surface area contributed by atoms with Crippen molar-refractivity contribution in [3.8, 4) is 17.4 Å². The van der Waals surface area contributed by atoms with E-state index in [4.69, 9.17) is 14.2 Å². The first-order valence-corrected chi connectivity index (χ1v) is 11.6. The lowest BCUT2D eigenvalue weighted by Crippen LogP contribution is -2.53. The number of ether oxygens (including phenoxy) is 3. The van der Waals surface area contributed by atoms with Crippen molar-refractivity contribution in [2.45, 2.75) is 37.9 Å². The highest BCUT2D eigenvalue weighted by molar-refractivity contribution is 5.99. The third-order valence-corrected chi connectivity index (χ3v) is 6.10. The van der Waals surface area contributed by atoms with E-state index in [2.05, 4.69) is 25.9 Å². The summed E-state index contributed by atoms with van der Waals surface area (Å²) in [6.45, 7) is 1.62. The summed E-state index contributed by atoms with van der Waals surface area (Å²) >= 11 is 0. The second-order valence-corrected chi connectivity index (χ2v) is 8.53. The quantitative estimate of drug-likeness (QED) is 0.473. The molecule has 3 aromatic rings. The first kappa shape index (κ1) is 22.9. The van der Waals surface area contributed by atoms with Crippen LogP contribution in [0.4, 0.5) is 5.69 Å². The Morgan fingerprint density at radius 2 is 2.00 bits per heavy atom. The smallest absolute Gasteiger partial charge is 0.237 e. The minimum Gasteiger partial charge on any atom is -0.486 e. The standard InChI is InChI=1S/C25H27N5O5/c1-33-23-7-5-17-24(30-23)18(8-9-26-17)29-22(31)13-16-3-4-19(25(32)28-16)27-14-15-2-6-20-21(12-15)35-11-10-34-20/h2,5-9,12,16,19,27H,3-4,10-11,13-14H2,1H3,(H,28,32)(H,26,29,31)/t16-,19+/m0/s1. The van der Waals surface area contributed by atoms with Crippen LogP contribution in [-0.4, -0.2) is 54.2 Å². The summed E-state index contributed by atoms with van der Waals surface area (Å²) in [5, 5.41) is 9.17. The van der Waals surface area contributed by atoms with Crippen molar-refractivity contribution in [2.24, 2.45) is 0 Å².